The summed E-state index contributed by atoms with van der Waals surface area (Å²) in [5.74, 6) is -0.537. The highest BCUT2D eigenvalue weighted by molar-refractivity contribution is 6.03. The van der Waals surface area contributed by atoms with Gasteiger partial charge in [-0.25, -0.2) is 0 Å². The summed E-state index contributed by atoms with van der Waals surface area (Å²) < 4.78 is 38.6. The lowest BCUT2D eigenvalue weighted by Crippen LogP contribution is -2.36. The number of benzene rings is 1. The van der Waals surface area contributed by atoms with Gasteiger partial charge in [-0.3, -0.25) is 14.6 Å². The maximum absolute atomic E-state index is 12.9. The minimum absolute atomic E-state index is 0.0294. The third kappa shape index (κ3) is 5.16. The van der Waals surface area contributed by atoms with Crippen molar-refractivity contribution in [2.45, 2.75) is 12.6 Å². The van der Waals surface area contributed by atoms with Gasteiger partial charge in [-0.2, -0.15) is 13.2 Å². The molecule has 0 unspecified atom stereocenters. The molecule has 0 bridgehead atoms. The van der Waals surface area contributed by atoms with E-state index in [0.717, 1.165) is 12.1 Å². The van der Waals surface area contributed by atoms with Crippen molar-refractivity contribution in [2.75, 3.05) is 37.4 Å². The van der Waals surface area contributed by atoms with Crippen LogP contribution in [0, 0.1) is 0 Å². The average molecular weight is 418 g/mol. The lowest BCUT2D eigenvalue weighted by molar-refractivity contribution is -0.137. The van der Waals surface area contributed by atoms with Crippen LogP contribution < -0.4 is 10.2 Å². The first-order valence-corrected chi connectivity index (χ1v) is 9.23. The first kappa shape index (κ1) is 21.4. The van der Waals surface area contributed by atoms with Gasteiger partial charge in [0.2, 0.25) is 0 Å². The molecule has 158 valence electrons. The van der Waals surface area contributed by atoms with E-state index in [1.807, 2.05) is 19.0 Å². The number of hydrogen-bond acceptors (Lipinski definition) is 5. The Bertz CT molecular complexity index is 986. The second-order valence-electron chi connectivity index (χ2n) is 7.14. The van der Waals surface area contributed by atoms with Crippen LogP contribution in [0.5, 0.6) is 0 Å². The molecule has 1 aromatic carbocycles. The number of carbonyl (C=O) groups is 2. The Morgan fingerprint density at radius 3 is 2.70 bits per heavy atom. The molecule has 1 amide bonds. The Hall–Kier alpha value is -3.36. The topological polar surface area (TPSA) is 65.5 Å². The maximum atomic E-state index is 12.9. The van der Waals surface area contributed by atoms with Crippen molar-refractivity contribution in [1.82, 2.24) is 9.88 Å². The summed E-state index contributed by atoms with van der Waals surface area (Å²) in [5.41, 5.74) is 0.622. The number of amides is 1. The first-order chi connectivity index (χ1) is 14.1. The monoisotopic (exact) mass is 418 g/mol. The van der Waals surface area contributed by atoms with Crippen molar-refractivity contribution in [1.29, 1.82) is 0 Å². The number of rotatable bonds is 4. The van der Waals surface area contributed by atoms with E-state index < -0.39 is 17.6 Å². The summed E-state index contributed by atoms with van der Waals surface area (Å²) in [4.78, 5) is 32.4. The number of anilines is 2. The van der Waals surface area contributed by atoms with E-state index in [9.17, 15) is 22.8 Å². The SMILES string of the molecule is CN(C)C=C1CN(c2ccnc(C(=O)Nc3cccc(C(F)(F)F)c3)c2)CCC1=O. The highest BCUT2D eigenvalue weighted by atomic mass is 19.4. The van der Waals surface area contributed by atoms with E-state index in [2.05, 4.69) is 10.3 Å². The van der Waals surface area contributed by atoms with Gasteiger partial charge in [0.25, 0.3) is 5.91 Å². The molecule has 2 aromatic rings. The molecule has 0 radical (unpaired) electrons. The minimum atomic E-state index is -4.50. The number of carbonyl (C=O) groups excluding carboxylic acids is 2. The summed E-state index contributed by atoms with van der Waals surface area (Å²) in [7, 11) is 3.67. The van der Waals surface area contributed by atoms with Gasteiger partial charge in [-0.15, -0.1) is 0 Å². The number of ketones is 1. The first-order valence-electron chi connectivity index (χ1n) is 9.23. The highest BCUT2D eigenvalue weighted by Crippen LogP contribution is 2.30. The number of alkyl halides is 3. The standard InChI is InChI=1S/C21H21F3N4O2/c1-27(2)12-14-13-28(9-7-19(14)29)17-6-8-25-18(11-17)20(30)26-16-5-3-4-15(10-16)21(22,23)24/h3-6,8,10-12H,7,9,13H2,1-2H3,(H,26,30). The molecule has 1 saturated heterocycles. The lowest BCUT2D eigenvalue weighted by atomic mass is 10.0. The van der Waals surface area contributed by atoms with Gasteiger partial charge in [-0.05, 0) is 30.3 Å². The molecule has 1 N–H and O–H groups in total. The molecule has 1 aromatic heterocycles. The van der Waals surface area contributed by atoms with Crippen LogP contribution in [0.4, 0.5) is 24.5 Å². The molecular formula is C21H21F3N4O2. The lowest BCUT2D eigenvalue weighted by Gasteiger charge is -2.30. The van der Waals surface area contributed by atoms with Crippen LogP contribution in [-0.4, -0.2) is 48.8 Å². The third-order valence-electron chi connectivity index (χ3n) is 4.53. The predicted molar refractivity (Wildman–Crippen MR) is 107 cm³/mol. The van der Waals surface area contributed by atoms with Gasteiger partial charge in [-0.1, -0.05) is 6.07 Å². The molecule has 2 heterocycles. The molecule has 9 heteroatoms. The molecule has 1 fully saturated rings. The number of nitrogens with one attached hydrogen (secondary N) is 1. The third-order valence-corrected chi connectivity index (χ3v) is 4.53. The van der Waals surface area contributed by atoms with Crippen molar-refractivity contribution < 1.29 is 22.8 Å². The van der Waals surface area contributed by atoms with E-state index in [-0.39, 0.29) is 17.2 Å². The number of nitrogens with zero attached hydrogens (tertiary/aromatic N) is 3. The zero-order valence-corrected chi connectivity index (χ0v) is 16.5. The van der Waals surface area contributed by atoms with E-state index in [1.54, 1.807) is 23.2 Å². The molecule has 1 aliphatic rings. The smallest absolute Gasteiger partial charge is 0.383 e. The Labute approximate surface area is 172 Å². The summed E-state index contributed by atoms with van der Waals surface area (Å²) in [6.07, 6.45) is -0.908. The normalized spacial score (nSPS) is 16.0. The van der Waals surface area contributed by atoms with Crippen molar-refractivity contribution in [2.24, 2.45) is 0 Å². The average Bonchev–Trinajstić information content (AvgIpc) is 2.69. The molecule has 0 saturated carbocycles. The van der Waals surface area contributed by atoms with E-state index in [0.29, 0.717) is 30.8 Å². The van der Waals surface area contributed by atoms with Crippen molar-refractivity contribution >= 4 is 23.1 Å². The molecule has 0 spiro atoms. The van der Waals surface area contributed by atoms with Crippen molar-refractivity contribution in [3.8, 4) is 0 Å². The van der Waals surface area contributed by atoms with Crippen LogP contribution >= 0.6 is 0 Å². The molecule has 30 heavy (non-hydrogen) atoms. The van der Waals surface area contributed by atoms with Crippen LogP contribution in [0.25, 0.3) is 0 Å². The van der Waals surface area contributed by atoms with Gasteiger partial charge in [0.15, 0.2) is 5.78 Å². The Morgan fingerprint density at radius 1 is 1.23 bits per heavy atom. The quantitative estimate of drug-likeness (QED) is 0.769. The molecule has 0 atom stereocenters. The Balaban J connectivity index is 1.77. The molecule has 3 rings (SSSR count). The fourth-order valence-corrected chi connectivity index (χ4v) is 3.12. The van der Waals surface area contributed by atoms with Crippen LogP contribution in [0.15, 0.2) is 54.4 Å². The number of hydrogen-bond donors (Lipinski definition) is 1. The van der Waals surface area contributed by atoms with Crippen molar-refractivity contribution in [3.05, 3.63) is 65.6 Å². The van der Waals surface area contributed by atoms with E-state index in [4.69, 9.17) is 0 Å². The molecular weight excluding hydrogens is 397 g/mol. The highest BCUT2D eigenvalue weighted by Gasteiger charge is 2.30. The van der Waals surface area contributed by atoms with Crippen LogP contribution in [0.1, 0.15) is 22.5 Å². The summed E-state index contributed by atoms with van der Waals surface area (Å²) in [5, 5.41) is 2.45. The fourth-order valence-electron chi connectivity index (χ4n) is 3.12. The zero-order chi connectivity index (χ0) is 21.9. The summed E-state index contributed by atoms with van der Waals surface area (Å²) >= 11 is 0. The van der Waals surface area contributed by atoms with Crippen LogP contribution in [0.3, 0.4) is 0 Å². The number of Topliss-reactive ketones (excluding diaryl/α,β-unsaturated/α-hetero) is 1. The summed E-state index contributed by atoms with van der Waals surface area (Å²) in [6.45, 7) is 0.901. The molecule has 1 aliphatic heterocycles. The Morgan fingerprint density at radius 2 is 2.00 bits per heavy atom. The number of halogens is 3. The maximum Gasteiger partial charge on any atom is 0.416 e. The zero-order valence-electron chi connectivity index (χ0n) is 16.5. The van der Waals surface area contributed by atoms with Gasteiger partial charge in [0.1, 0.15) is 5.69 Å². The van der Waals surface area contributed by atoms with E-state index >= 15 is 0 Å². The number of piperidine rings is 1. The van der Waals surface area contributed by atoms with Crippen LogP contribution in [-0.2, 0) is 11.0 Å². The molecule has 0 aliphatic carbocycles. The van der Waals surface area contributed by atoms with Gasteiger partial charge < -0.3 is 15.1 Å². The predicted octanol–water partition coefficient (Wildman–Crippen LogP) is 3.58. The second-order valence-corrected chi connectivity index (χ2v) is 7.14. The van der Waals surface area contributed by atoms with Gasteiger partial charge >= 0.3 is 6.18 Å². The molecule has 6 nitrogen and oxygen atoms in total. The van der Waals surface area contributed by atoms with Gasteiger partial charge in [0.05, 0.1) is 5.56 Å². The van der Waals surface area contributed by atoms with Crippen molar-refractivity contribution in [3.63, 3.8) is 0 Å². The largest absolute Gasteiger partial charge is 0.416 e. The minimum Gasteiger partial charge on any atom is -0.383 e. The van der Waals surface area contributed by atoms with E-state index in [1.165, 1.54) is 18.3 Å². The van der Waals surface area contributed by atoms with Gasteiger partial charge in [0, 0.05) is 63.0 Å². The Kier molecular flexibility index (Phi) is 6.09. The summed E-state index contributed by atoms with van der Waals surface area (Å²) in [6, 6.07) is 7.70. The second kappa shape index (κ2) is 8.56. The fraction of sp³-hybridized carbons (Fsp3) is 0.286. The number of pyridine rings is 1. The van der Waals surface area contributed by atoms with Crippen LogP contribution in [0.2, 0.25) is 0 Å². The number of aromatic nitrogens is 1.